The summed E-state index contributed by atoms with van der Waals surface area (Å²) in [6.45, 7) is 0.596. The Balaban J connectivity index is 1.62. The number of aryl methyl sites for hydroxylation is 1. The van der Waals surface area contributed by atoms with Gasteiger partial charge in [-0.25, -0.2) is 9.59 Å². The minimum Gasteiger partial charge on any atom is -0.462 e. The second kappa shape index (κ2) is 7.11. The highest BCUT2D eigenvalue weighted by Crippen LogP contribution is 2.25. The van der Waals surface area contributed by atoms with Crippen molar-refractivity contribution in [1.82, 2.24) is 9.55 Å². The zero-order valence-corrected chi connectivity index (χ0v) is 14.1. The summed E-state index contributed by atoms with van der Waals surface area (Å²) in [5, 5.41) is 0.501. The van der Waals surface area contributed by atoms with E-state index < -0.39 is 5.97 Å². The molecule has 0 saturated carbocycles. The van der Waals surface area contributed by atoms with Gasteiger partial charge in [0.15, 0.2) is 0 Å². The number of nitrogens with zero attached hydrogens (tertiary/aromatic N) is 1. The number of carbonyl (C=O) groups excluding carboxylic acids is 1. The molecular weight excluding hydrogens is 351 g/mol. The predicted octanol–water partition coefficient (Wildman–Crippen LogP) is 3.88. The van der Waals surface area contributed by atoms with E-state index in [-0.39, 0.29) is 27.9 Å². The first-order valence-electron chi connectivity index (χ1n) is 7.36. The molecule has 0 atom stereocenters. The molecule has 0 aliphatic rings. The van der Waals surface area contributed by atoms with Gasteiger partial charge in [0, 0.05) is 6.54 Å². The second-order valence-corrected chi connectivity index (χ2v) is 6.00. The number of halogens is 2. The van der Waals surface area contributed by atoms with Crippen molar-refractivity contribution in [3.05, 3.63) is 68.6 Å². The van der Waals surface area contributed by atoms with E-state index in [1.165, 1.54) is 0 Å². The molecule has 7 heteroatoms. The van der Waals surface area contributed by atoms with Crippen LogP contribution in [0, 0.1) is 0 Å². The summed E-state index contributed by atoms with van der Waals surface area (Å²) in [5.41, 5.74) is 1.58. The third-order valence-corrected chi connectivity index (χ3v) is 4.24. The molecule has 1 N–H and O–H groups in total. The molecule has 0 radical (unpaired) electrons. The number of rotatable bonds is 5. The van der Waals surface area contributed by atoms with Crippen molar-refractivity contribution in [2.45, 2.75) is 13.0 Å². The molecule has 1 heterocycles. The van der Waals surface area contributed by atoms with Gasteiger partial charge < -0.3 is 9.72 Å². The summed E-state index contributed by atoms with van der Waals surface area (Å²) >= 11 is 11.9. The number of hydrogen-bond acceptors (Lipinski definition) is 3. The highest BCUT2D eigenvalue weighted by molar-refractivity contribution is 6.39. The molecule has 0 fully saturated rings. The SMILES string of the molecule is O=C(OCCCn1c(=O)[nH]c2ccccc21)c1c(Cl)cccc1Cl. The number of carbonyl (C=O) groups is 1. The number of para-hydroxylation sites is 2. The number of aromatic nitrogens is 2. The maximum Gasteiger partial charge on any atom is 0.341 e. The maximum absolute atomic E-state index is 12.1. The van der Waals surface area contributed by atoms with Crippen molar-refractivity contribution < 1.29 is 9.53 Å². The van der Waals surface area contributed by atoms with Gasteiger partial charge in [0.05, 0.1) is 33.2 Å². The number of esters is 1. The summed E-state index contributed by atoms with van der Waals surface area (Å²) in [6, 6.07) is 12.2. The van der Waals surface area contributed by atoms with Gasteiger partial charge >= 0.3 is 11.7 Å². The van der Waals surface area contributed by atoms with Gasteiger partial charge in [0.2, 0.25) is 0 Å². The first-order valence-corrected chi connectivity index (χ1v) is 8.12. The lowest BCUT2D eigenvalue weighted by Gasteiger charge is -2.08. The topological polar surface area (TPSA) is 64.1 Å². The lowest BCUT2D eigenvalue weighted by molar-refractivity contribution is 0.0496. The van der Waals surface area contributed by atoms with Crippen LogP contribution in [0.2, 0.25) is 10.0 Å². The largest absolute Gasteiger partial charge is 0.462 e. The number of nitrogens with one attached hydrogen (secondary N) is 1. The van der Waals surface area contributed by atoms with Gasteiger partial charge in [0.25, 0.3) is 0 Å². The van der Waals surface area contributed by atoms with Crippen LogP contribution in [0.3, 0.4) is 0 Å². The third kappa shape index (κ3) is 3.32. The average Bonchev–Trinajstić information content (AvgIpc) is 2.87. The smallest absolute Gasteiger partial charge is 0.341 e. The van der Waals surface area contributed by atoms with Gasteiger partial charge in [0.1, 0.15) is 0 Å². The average molecular weight is 365 g/mol. The number of hydrogen-bond donors (Lipinski definition) is 1. The van der Waals surface area contributed by atoms with Gasteiger partial charge in [-0.3, -0.25) is 4.57 Å². The molecule has 0 aliphatic carbocycles. The van der Waals surface area contributed by atoms with Gasteiger partial charge in [-0.2, -0.15) is 0 Å². The van der Waals surface area contributed by atoms with Crippen molar-refractivity contribution in [3.8, 4) is 0 Å². The van der Waals surface area contributed by atoms with E-state index in [9.17, 15) is 9.59 Å². The van der Waals surface area contributed by atoms with E-state index in [0.29, 0.717) is 13.0 Å². The molecule has 0 spiro atoms. The molecule has 0 unspecified atom stereocenters. The summed E-state index contributed by atoms with van der Waals surface area (Å²) in [6.07, 6.45) is 0.496. The summed E-state index contributed by atoms with van der Waals surface area (Å²) in [4.78, 5) is 26.8. The lowest BCUT2D eigenvalue weighted by atomic mass is 10.2. The fourth-order valence-corrected chi connectivity index (χ4v) is 3.03. The Labute approximate surface area is 147 Å². The normalized spacial score (nSPS) is 10.9. The maximum atomic E-state index is 12.1. The number of benzene rings is 2. The van der Waals surface area contributed by atoms with Crippen molar-refractivity contribution in [2.75, 3.05) is 6.61 Å². The summed E-state index contributed by atoms with van der Waals surface area (Å²) in [5.74, 6) is -0.572. The Morgan fingerprint density at radius 1 is 1.08 bits per heavy atom. The number of ether oxygens (including phenoxy) is 1. The molecule has 0 amide bonds. The number of imidazole rings is 1. The van der Waals surface area contributed by atoms with Crippen LogP contribution >= 0.6 is 23.2 Å². The van der Waals surface area contributed by atoms with E-state index in [2.05, 4.69) is 4.98 Å². The van der Waals surface area contributed by atoms with Crippen LogP contribution in [0.15, 0.2) is 47.3 Å². The van der Waals surface area contributed by atoms with Crippen LogP contribution in [0.5, 0.6) is 0 Å². The van der Waals surface area contributed by atoms with Crippen LogP contribution in [-0.2, 0) is 11.3 Å². The summed E-state index contributed by atoms with van der Waals surface area (Å²) < 4.78 is 6.82. The Morgan fingerprint density at radius 3 is 2.54 bits per heavy atom. The minimum atomic E-state index is -0.572. The highest BCUT2D eigenvalue weighted by Gasteiger charge is 2.15. The highest BCUT2D eigenvalue weighted by atomic mass is 35.5. The van der Waals surface area contributed by atoms with E-state index in [4.69, 9.17) is 27.9 Å². The number of aromatic amines is 1. The van der Waals surface area contributed by atoms with Crippen LogP contribution in [0.1, 0.15) is 16.8 Å². The molecule has 124 valence electrons. The Kier molecular flexibility index (Phi) is 4.92. The number of H-pyrrole nitrogens is 1. The number of fused-ring (bicyclic) bond motifs is 1. The molecule has 2 aromatic carbocycles. The molecule has 3 rings (SSSR count). The Hall–Kier alpha value is -2.24. The fourth-order valence-electron chi connectivity index (χ4n) is 2.48. The second-order valence-electron chi connectivity index (χ2n) is 5.19. The molecule has 0 bridgehead atoms. The van der Waals surface area contributed by atoms with E-state index in [0.717, 1.165) is 11.0 Å². The van der Waals surface area contributed by atoms with Crippen LogP contribution in [0.25, 0.3) is 11.0 Å². The molecule has 5 nitrogen and oxygen atoms in total. The third-order valence-electron chi connectivity index (χ3n) is 3.61. The molecule has 3 aromatic rings. The quantitative estimate of drug-likeness (QED) is 0.551. The lowest BCUT2D eigenvalue weighted by Crippen LogP contribution is -2.18. The monoisotopic (exact) mass is 364 g/mol. The summed E-state index contributed by atoms with van der Waals surface area (Å²) in [7, 11) is 0. The minimum absolute atomic E-state index is 0.157. The van der Waals surface area contributed by atoms with Crippen LogP contribution in [-0.4, -0.2) is 22.1 Å². The predicted molar refractivity (Wildman–Crippen MR) is 93.9 cm³/mol. The zero-order valence-electron chi connectivity index (χ0n) is 12.6. The van der Waals surface area contributed by atoms with Crippen molar-refractivity contribution in [1.29, 1.82) is 0 Å². The van der Waals surface area contributed by atoms with Gasteiger partial charge in [-0.1, -0.05) is 41.4 Å². The first-order chi connectivity index (χ1) is 11.6. The van der Waals surface area contributed by atoms with Crippen LogP contribution in [0.4, 0.5) is 0 Å². The van der Waals surface area contributed by atoms with E-state index >= 15 is 0 Å². The standard InChI is InChI=1S/C17H14Cl2N2O3/c18-11-5-3-6-12(19)15(11)16(22)24-10-4-9-21-14-8-2-1-7-13(14)20-17(21)23/h1-3,5-8H,4,9-10H2,(H,20,23). The molecule has 24 heavy (non-hydrogen) atoms. The van der Waals surface area contributed by atoms with Crippen molar-refractivity contribution in [2.24, 2.45) is 0 Å². The van der Waals surface area contributed by atoms with E-state index in [1.54, 1.807) is 22.8 Å². The first kappa shape index (κ1) is 16.6. The Bertz CT molecular complexity index is 926. The molecular formula is C17H14Cl2N2O3. The molecule has 0 saturated heterocycles. The van der Waals surface area contributed by atoms with Gasteiger partial charge in [-0.15, -0.1) is 0 Å². The fraction of sp³-hybridized carbons (Fsp3) is 0.176. The van der Waals surface area contributed by atoms with Crippen molar-refractivity contribution in [3.63, 3.8) is 0 Å². The van der Waals surface area contributed by atoms with Gasteiger partial charge in [-0.05, 0) is 30.7 Å². The van der Waals surface area contributed by atoms with Crippen LogP contribution < -0.4 is 5.69 Å². The van der Waals surface area contributed by atoms with Crippen molar-refractivity contribution >= 4 is 40.2 Å². The van der Waals surface area contributed by atoms with E-state index in [1.807, 2.05) is 24.3 Å². The molecule has 0 aliphatic heterocycles. The Morgan fingerprint density at radius 2 is 1.79 bits per heavy atom. The molecule has 1 aromatic heterocycles. The zero-order chi connectivity index (χ0) is 17.1.